The highest BCUT2D eigenvalue weighted by atomic mass is 35.5. The summed E-state index contributed by atoms with van der Waals surface area (Å²) in [5.41, 5.74) is 4.57. The summed E-state index contributed by atoms with van der Waals surface area (Å²) in [7, 11) is 0. The minimum absolute atomic E-state index is 0.288. The maximum atomic E-state index is 6.14. The Morgan fingerprint density at radius 2 is 1.76 bits per heavy atom. The Bertz CT molecular complexity index is 748. The number of oxime groups is 1. The predicted octanol–water partition coefficient (Wildman–Crippen LogP) is 6.81. The molecule has 1 fully saturated rings. The molecular formula is C21H23Cl2NO. The van der Waals surface area contributed by atoms with Gasteiger partial charge in [0.15, 0.2) is 0 Å². The molecule has 0 aromatic heterocycles. The molecule has 0 aliphatic heterocycles. The van der Waals surface area contributed by atoms with Gasteiger partial charge in [0.2, 0.25) is 0 Å². The standard InChI is InChI=1S/C21H23Cl2NO/c1-13(2)15-7-9-16(10-8-15)18-11-17(18)14(3)24-25-12-19-20(22)5-4-6-21(19)23/h4-10,13,17-18H,11-12H2,1-3H3/b24-14-/t17-,18-/m1/s1. The zero-order valence-corrected chi connectivity index (χ0v) is 16.3. The summed E-state index contributed by atoms with van der Waals surface area (Å²) in [6, 6.07) is 14.4. The summed E-state index contributed by atoms with van der Waals surface area (Å²) in [6.07, 6.45) is 1.13. The summed E-state index contributed by atoms with van der Waals surface area (Å²) in [5.74, 6) is 1.58. The van der Waals surface area contributed by atoms with Gasteiger partial charge in [-0.15, -0.1) is 0 Å². The van der Waals surface area contributed by atoms with Gasteiger partial charge in [-0.05, 0) is 48.4 Å². The SMILES string of the molecule is C/C(=N/OCc1c(Cl)cccc1Cl)[C@H]1C[C@@H]1c1ccc(C(C)C)cc1. The van der Waals surface area contributed by atoms with E-state index in [0.717, 1.165) is 17.7 Å². The number of nitrogens with zero attached hydrogens (tertiary/aromatic N) is 1. The molecule has 1 saturated carbocycles. The molecule has 0 spiro atoms. The van der Waals surface area contributed by atoms with Gasteiger partial charge in [-0.1, -0.05) is 72.5 Å². The summed E-state index contributed by atoms with van der Waals surface area (Å²) in [5, 5.41) is 5.50. The second-order valence-electron chi connectivity index (χ2n) is 6.98. The highest BCUT2D eigenvalue weighted by molar-refractivity contribution is 6.35. The Balaban J connectivity index is 1.57. The van der Waals surface area contributed by atoms with Gasteiger partial charge in [0.05, 0.1) is 5.71 Å². The van der Waals surface area contributed by atoms with E-state index in [1.54, 1.807) is 12.1 Å². The second-order valence-corrected chi connectivity index (χ2v) is 7.79. The summed E-state index contributed by atoms with van der Waals surface area (Å²) < 4.78 is 0. The monoisotopic (exact) mass is 375 g/mol. The summed E-state index contributed by atoms with van der Waals surface area (Å²) in [6.45, 7) is 6.75. The zero-order chi connectivity index (χ0) is 18.0. The van der Waals surface area contributed by atoms with Crippen molar-refractivity contribution >= 4 is 28.9 Å². The first-order valence-corrected chi connectivity index (χ1v) is 9.42. The van der Waals surface area contributed by atoms with Crippen molar-refractivity contribution in [2.24, 2.45) is 11.1 Å². The van der Waals surface area contributed by atoms with Crippen LogP contribution >= 0.6 is 23.2 Å². The number of benzene rings is 2. The molecule has 0 amide bonds. The Kier molecular flexibility index (Phi) is 5.71. The molecule has 3 rings (SSSR count). The highest BCUT2D eigenvalue weighted by Crippen LogP contribution is 2.48. The molecule has 132 valence electrons. The van der Waals surface area contributed by atoms with Crippen molar-refractivity contribution in [3.8, 4) is 0 Å². The van der Waals surface area contributed by atoms with Crippen LogP contribution in [0.1, 0.15) is 55.7 Å². The third-order valence-corrected chi connectivity index (χ3v) is 5.55. The molecule has 2 atom stereocenters. The smallest absolute Gasteiger partial charge is 0.145 e. The van der Waals surface area contributed by atoms with Crippen LogP contribution in [0, 0.1) is 5.92 Å². The van der Waals surface area contributed by atoms with Crippen molar-refractivity contribution in [1.82, 2.24) is 0 Å². The van der Waals surface area contributed by atoms with Gasteiger partial charge in [-0.2, -0.15) is 0 Å². The van der Waals surface area contributed by atoms with Crippen molar-refractivity contribution < 1.29 is 4.84 Å². The molecular weight excluding hydrogens is 353 g/mol. The third kappa shape index (κ3) is 4.37. The number of halogens is 2. The fraction of sp³-hybridized carbons (Fsp3) is 0.381. The Hall–Kier alpha value is -1.51. The molecule has 2 aromatic carbocycles. The molecule has 0 bridgehead atoms. The first kappa shape index (κ1) is 18.3. The molecule has 2 aromatic rings. The lowest BCUT2D eigenvalue weighted by atomic mass is 9.99. The molecule has 2 nitrogen and oxygen atoms in total. The molecule has 4 heteroatoms. The minimum Gasteiger partial charge on any atom is -0.391 e. The first-order valence-electron chi connectivity index (χ1n) is 8.66. The van der Waals surface area contributed by atoms with Crippen LogP contribution in [0.4, 0.5) is 0 Å². The lowest BCUT2D eigenvalue weighted by Gasteiger charge is -2.07. The van der Waals surface area contributed by atoms with E-state index in [9.17, 15) is 0 Å². The molecule has 1 aliphatic carbocycles. The van der Waals surface area contributed by atoms with Crippen molar-refractivity contribution in [2.75, 3.05) is 0 Å². The van der Waals surface area contributed by atoms with Gasteiger partial charge in [0, 0.05) is 21.5 Å². The van der Waals surface area contributed by atoms with E-state index in [0.29, 0.717) is 27.8 Å². The maximum Gasteiger partial charge on any atom is 0.145 e. The molecule has 0 unspecified atom stereocenters. The number of hydrogen-bond donors (Lipinski definition) is 0. The van der Waals surface area contributed by atoms with Gasteiger partial charge < -0.3 is 4.84 Å². The van der Waals surface area contributed by atoms with Crippen molar-refractivity contribution in [1.29, 1.82) is 0 Å². The van der Waals surface area contributed by atoms with E-state index in [2.05, 4.69) is 43.3 Å². The molecule has 0 heterocycles. The second kappa shape index (κ2) is 7.80. The summed E-state index contributed by atoms with van der Waals surface area (Å²) in [4.78, 5) is 5.50. The number of hydrogen-bond acceptors (Lipinski definition) is 2. The van der Waals surface area contributed by atoms with Crippen molar-refractivity contribution in [2.45, 2.75) is 45.6 Å². The van der Waals surface area contributed by atoms with E-state index in [1.165, 1.54) is 11.1 Å². The van der Waals surface area contributed by atoms with E-state index in [1.807, 2.05) is 13.0 Å². The molecule has 0 radical (unpaired) electrons. The van der Waals surface area contributed by atoms with Gasteiger partial charge >= 0.3 is 0 Å². The minimum atomic E-state index is 0.288. The Labute approximate surface area is 159 Å². The Morgan fingerprint density at radius 3 is 2.36 bits per heavy atom. The average molecular weight is 376 g/mol. The molecule has 25 heavy (non-hydrogen) atoms. The lowest BCUT2D eigenvalue weighted by molar-refractivity contribution is 0.129. The van der Waals surface area contributed by atoms with E-state index in [-0.39, 0.29) is 6.61 Å². The van der Waals surface area contributed by atoms with Crippen LogP contribution in [0.5, 0.6) is 0 Å². The van der Waals surface area contributed by atoms with Crippen LogP contribution < -0.4 is 0 Å². The largest absolute Gasteiger partial charge is 0.391 e. The van der Waals surface area contributed by atoms with Gasteiger partial charge in [-0.3, -0.25) is 0 Å². The maximum absolute atomic E-state index is 6.14. The van der Waals surface area contributed by atoms with Crippen LogP contribution in [-0.4, -0.2) is 5.71 Å². The fourth-order valence-electron chi connectivity index (χ4n) is 3.09. The highest BCUT2D eigenvalue weighted by Gasteiger charge is 2.40. The molecule has 1 aliphatic rings. The van der Waals surface area contributed by atoms with E-state index in [4.69, 9.17) is 28.0 Å². The van der Waals surface area contributed by atoms with Gasteiger partial charge in [-0.25, -0.2) is 0 Å². The van der Waals surface area contributed by atoms with Crippen LogP contribution in [0.3, 0.4) is 0 Å². The Morgan fingerprint density at radius 1 is 1.12 bits per heavy atom. The van der Waals surface area contributed by atoms with Gasteiger partial charge in [0.25, 0.3) is 0 Å². The van der Waals surface area contributed by atoms with Crippen LogP contribution in [0.25, 0.3) is 0 Å². The summed E-state index contributed by atoms with van der Waals surface area (Å²) >= 11 is 12.3. The van der Waals surface area contributed by atoms with Crippen molar-refractivity contribution in [3.63, 3.8) is 0 Å². The van der Waals surface area contributed by atoms with E-state index < -0.39 is 0 Å². The molecule has 0 N–H and O–H groups in total. The lowest BCUT2D eigenvalue weighted by Crippen LogP contribution is -1.99. The first-order chi connectivity index (χ1) is 12.0. The zero-order valence-electron chi connectivity index (χ0n) is 14.8. The average Bonchev–Trinajstić information content (AvgIpc) is 3.38. The van der Waals surface area contributed by atoms with Crippen LogP contribution in [0.15, 0.2) is 47.6 Å². The van der Waals surface area contributed by atoms with Gasteiger partial charge in [0.1, 0.15) is 6.61 Å². The van der Waals surface area contributed by atoms with Crippen LogP contribution in [0.2, 0.25) is 10.0 Å². The molecule has 0 saturated heterocycles. The van der Waals surface area contributed by atoms with Crippen LogP contribution in [-0.2, 0) is 11.4 Å². The van der Waals surface area contributed by atoms with E-state index >= 15 is 0 Å². The normalized spacial score (nSPS) is 20.0. The van der Waals surface area contributed by atoms with Crippen molar-refractivity contribution in [3.05, 3.63) is 69.2 Å². The third-order valence-electron chi connectivity index (χ3n) is 4.84. The predicted molar refractivity (Wildman–Crippen MR) is 106 cm³/mol. The fourth-order valence-corrected chi connectivity index (χ4v) is 3.60. The quantitative estimate of drug-likeness (QED) is 0.401. The topological polar surface area (TPSA) is 21.6 Å². The number of rotatable bonds is 6.